The molecule has 3 aromatic rings. The summed E-state index contributed by atoms with van der Waals surface area (Å²) < 4.78 is 12.4. The van der Waals surface area contributed by atoms with Gasteiger partial charge in [0.2, 0.25) is 5.88 Å². The lowest BCUT2D eigenvalue weighted by Crippen LogP contribution is -2.21. The van der Waals surface area contributed by atoms with E-state index in [0.717, 1.165) is 25.1 Å². The van der Waals surface area contributed by atoms with Gasteiger partial charge in [0.25, 0.3) is 5.91 Å². The number of anilines is 2. The summed E-state index contributed by atoms with van der Waals surface area (Å²) in [5.74, 6) is 0.256. The number of aromatic nitrogens is 3. The lowest BCUT2D eigenvalue weighted by atomic mass is 10.2. The molecule has 0 radical (unpaired) electrons. The normalized spacial score (nSPS) is 16.6. The van der Waals surface area contributed by atoms with Gasteiger partial charge < -0.3 is 19.5 Å². The molecule has 1 aromatic carbocycles. The summed E-state index contributed by atoms with van der Waals surface area (Å²) in [6.07, 6.45) is 4.52. The second-order valence-corrected chi connectivity index (χ2v) is 6.51. The van der Waals surface area contributed by atoms with Gasteiger partial charge >= 0.3 is 0 Å². The second kappa shape index (κ2) is 7.63. The van der Waals surface area contributed by atoms with Gasteiger partial charge in [0.05, 0.1) is 24.5 Å². The molecule has 1 N–H and O–H groups in total. The van der Waals surface area contributed by atoms with Crippen molar-refractivity contribution in [1.29, 1.82) is 0 Å². The van der Waals surface area contributed by atoms with Crippen LogP contribution in [0.4, 0.5) is 11.6 Å². The molecule has 27 heavy (non-hydrogen) atoms. The van der Waals surface area contributed by atoms with Crippen LogP contribution in [-0.4, -0.2) is 47.1 Å². The minimum Gasteiger partial charge on any atom is -0.380 e. The van der Waals surface area contributed by atoms with Gasteiger partial charge in [-0.25, -0.2) is 0 Å². The minimum absolute atomic E-state index is 0.183. The summed E-state index contributed by atoms with van der Waals surface area (Å²) in [4.78, 5) is 14.4. The molecule has 4 rings (SSSR count). The number of hydrogen-bond donors (Lipinski definition) is 1. The average Bonchev–Trinajstić information content (AvgIpc) is 3.43. The lowest BCUT2D eigenvalue weighted by Gasteiger charge is -2.12. The molecule has 1 amide bonds. The van der Waals surface area contributed by atoms with Crippen molar-refractivity contribution < 1.29 is 14.1 Å². The third kappa shape index (κ3) is 4.01. The van der Waals surface area contributed by atoms with Gasteiger partial charge in [-0.15, -0.1) is 0 Å². The largest absolute Gasteiger partial charge is 0.380 e. The number of methoxy groups -OCH3 is 1. The van der Waals surface area contributed by atoms with Crippen molar-refractivity contribution in [2.75, 3.05) is 30.4 Å². The van der Waals surface area contributed by atoms with Crippen molar-refractivity contribution in [2.24, 2.45) is 0 Å². The van der Waals surface area contributed by atoms with Gasteiger partial charge in [-0.05, 0) is 12.0 Å². The van der Waals surface area contributed by atoms with Crippen LogP contribution < -0.4 is 10.2 Å². The number of nitrogens with zero attached hydrogens (tertiary/aromatic N) is 4. The van der Waals surface area contributed by atoms with Crippen molar-refractivity contribution >= 4 is 17.5 Å². The van der Waals surface area contributed by atoms with Crippen molar-refractivity contribution in [3.8, 4) is 0 Å². The fourth-order valence-corrected chi connectivity index (χ4v) is 3.12. The maximum absolute atomic E-state index is 12.4. The first kappa shape index (κ1) is 17.3. The smallest absolute Gasteiger partial charge is 0.278 e. The quantitative estimate of drug-likeness (QED) is 0.720. The molecule has 140 valence electrons. The molecular formula is C19H21N5O3. The molecule has 2 aromatic heterocycles. The summed E-state index contributed by atoms with van der Waals surface area (Å²) in [5, 5.41) is 11.0. The fourth-order valence-electron chi connectivity index (χ4n) is 3.12. The first-order valence-corrected chi connectivity index (χ1v) is 8.83. The molecule has 8 nitrogen and oxygen atoms in total. The predicted molar refractivity (Wildman–Crippen MR) is 99.9 cm³/mol. The Morgan fingerprint density at radius 2 is 2.22 bits per heavy atom. The van der Waals surface area contributed by atoms with E-state index < -0.39 is 0 Å². The fraction of sp³-hybridized carbons (Fsp3) is 0.316. The van der Waals surface area contributed by atoms with E-state index in [2.05, 4.69) is 15.6 Å². The zero-order valence-electron chi connectivity index (χ0n) is 15.0. The summed E-state index contributed by atoms with van der Waals surface area (Å²) >= 11 is 0. The Kier molecular flexibility index (Phi) is 4.88. The summed E-state index contributed by atoms with van der Waals surface area (Å²) in [5.41, 5.74) is 1.99. The molecule has 0 saturated carbocycles. The van der Waals surface area contributed by atoms with Gasteiger partial charge in [0, 0.05) is 32.5 Å². The Balaban J connectivity index is 1.37. The van der Waals surface area contributed by atoms with Crippen LogP contribution in [0.2, 0.25) is 0 Å². The van der Waals surface area contributed by atoms with Crippen LogP contribution in [0.5, 0.6) is 0 Å². The maximum Gasteiger partial charge on any atom is 0.278 e. The Bertz CT molecular complexity index is 905. The second-order valence-electron chi connectivity index (χ2n) is 6.51. The standard InChI is InChI=1S/C19H21N5O3/c1-26-16-7-8-23(13-16)18-9-17(22-27-18)19(25)21-15-10-20-24(12-15)11-14-5-3-2-4-6-14/h2-6,9-10,12,16H,7-8,11,13H2,1H3,(H,21,25). The molecule has 3 heterocycles. The van der Waals surface area contributed by atoms with E-state index >= 15 is 0 Å². The van der Waals surface area contributed by atoms with Crippen molar-refractivity contribution in [2.45, 2.75) is 19.1 Å². The summed E-state index contributed by atoms with van der Waals surface area (Å²) in [6.45, 7) is 2.19. The number of amides is 1. The van der Waals surface area contributed by atoms with Crippen LogP contribution in [0.25, 0.3) is 0 Å². The molecule has 8 heteroatoms. The number of carbonyl (C=O) groups excluding carboxylic acids is 1. The highest BCUT2D eigenvalue weighted by Gasteiger charge is 2.26. The molecule has 0 spiro atoms. The molecule has 0 bridgehead atoms. The summed E-state index contributed by atoms with van der Waals surface area (Å²) in [7, 11) is 1.70. The van der Waals surface area contributed by atoms with Gasteiger partial charge in [-0.1, -0.05) is 35.5 Å². The van der Waals surface area contributed by atoms with Gasteiger partial charge in [-0.2, -0.15) is 5.10 Å². The molecule has 1 fully saturated rings. The topological polar surface area (TPSA) is 85.4 Å². The average molecular weight is 367 g/mol. The van der Waals surface area contributed by atoms with Gasteiger partial charge in [-0.3, -0.25) is 9.48 Å². The van der Waals surface area contributed by atoms with E-state index in [-0.39, 0.29) is 17.7 Å². The zero-order chi connectivity index (χ0) is 18.6. The Hall–Kier alpha value is -3.13. The molecule has 0 aliphatic carbocycles. The molecule has 1 atom stereocenters. The molecule has 1 unspecified atom stereocenters. The highest BCUT2D eigenvalue weighted by atomic mass is 16.5. The number of nitrogens with one attached hydrogen (secondary N) is 1. The van der Waals surface area contributed by atoms with E-state index in [1.807, 2.05) is 35.2 Å². The van der Waals surface area contributed by atoms with E-state index in [9.17, 15) is 4.79 Å². The van der Waals surface area contributed by atoms with Crippen LogP contribution >= 0.6 is 0 Å². The first-order valence-electron chi connectivity index (χ1n) is 8.83. The maximum atomic E-state index is 12.4. The van der Waals surface area contributed by atoms with Crippen molar-refractivity contribution in [3.63, 3.8) is 0 Å². The third-order valence-corrected chi connectivity index (χ3v) is 4.60. The molecule has 1 aliphatic rings. The summed E-state index contributed by atoms with van der Waals surface area (Å²) in [6, 6.07) is 11.7. The van der Waals surface area contributed by atoms with Crippen LogP contribution in [-0.2, 0) is 11.3 Å². The SMILES string of the molecule is COC1CCN(c2cc(C(=O)Nc3cnn(Cc4ccccc4)c3)no2)C1. The third-order valence-electron chi connectivity index (χ3n) is 4.60. The number of carbonyl (C=O) groups is 1. The van der Waals surface area contributed by atoms with E-state index in [4.69, 9.17) is 9.26 Å². The predicted octanol–water partition coefficient (Wildman–Crippen LogP) is 2.40. The molecule has 1 saturated heterocycles. The first-order chi connectivity index (χ1) is 13.2. The van der Waals surface area contributed by atoms with Crippen molar-refractivity contribution in [1.82, 2.24) is 14.9 Å². The lowest BCUT2D eigenvalue weighted by molar-refractivity contribution is 0.101. The highest BCUT2D eigenvalue weighted by molar-refractivity contribution is 6.03. The van der Waals surface area contributed by atoms with Crippen LogP contribution in [0, 0.1) is 0 Å². The van der Waals surface area contributed by atoms with Crippen molar-refractivity contribution in [3.05, 3.63) is 60.0 Å². The van der Waals surface area contributed by atoms with Crippen LogP contribution in [0.3, 0.4) is 0 Å². The molecule has 1 aliphatic heterocycles. The molecular weight excluding hydrogens is 346 g/mol. The Morgan fingerprint density at radius 1 is 1.37 bits per heavy atom. The van der Waals surface area contributed by atoms with E-state index in [1.54, 1.807) is 30.3 Å². The Labute approximate surface area is 156 Å². The number of rotatable bonds is 6. The number of benzene rings is 1. The number of hydrogen-bond acceptors (Lipinski definition) is 6. The Morgan fingerprint density at radius 3 is 3.00 bits per heavy atom. The van der Waals surface area contributed by atoms with Gasteiger partial charge in [0.15, 0.2) is 5.69 Å². The van der Waals surface area contributed by atoms with Crippen LogP contribution in [0.1, 0.15) is 22.5 Å². The van der Waals surface area contributed by atoms with Gasteiger partial charge in [0.1, 0.15) is 0 Å². The highest BCUT2D eigenvalue weighted by Crippen LogP contribution is 2.23. The van der Waals surface area contributed by atoms with E-state index in [0.29, 0.717) is 18.1 Å². The number of ether oxygens (including phenoxy) is 1. The van der Waals surface area contributed by atoms with Crippen LogP contribution in [0.15, 0.2) is 53.3 Å². The zero-order valence-corrected chi connectivity index (χ0v) is 15.0. The van der Waals surface area contributed by atoms with E-state index in [1.165, 1.54) is 0 Å². The monoisotopic (exact) mass is 367 g/mol. The minimum atomic E-state index is -0.327.